The Labute approximate surface area is 173 Å². The summed E-state index contributed by atoms with van der Waals surface area (Å²) in [7, 11) is 6.28. The van der Waals surface area contributed by atoms with Gasteiger partial charge in [-0.15, -0.1) is 0 Å². The largest absolute Gasteiger partial charge is 0.495 e. The van der Waals surface area contributed by atoms with E-state index >= 15 is 0 Å². The lowest BCUT2D eigenvalue weighted by Crippen LogP contribution is -2.07. The van der Waals surface area contributed by atoms with Gasteiger partial charge in [-0.2, -0.15) is 4.37 Å². The van der Waals surface area contributed by atoms with Crippen molar-refractivity contribution in [3.8, 4) is 45.4 Å². The number of methoxy groups -OCH3 is 4. The average molecular weight is 414 g/mol. The summed E-state index contributed by atoms with van der Waals surface area (Å²) in [6.45, 7) is 1.46. The van der Waals surface area contributed by atoms with E-state index < -0.39 is 0 Å². The summed E-state index contributed by atoms with van der Waals surface area (Å²) in [5, 5.41) is 4.76. The minimum Gasteiger partial charge on any atom is -0.495 e. The number of anilines is 1. The molecule has 3 aromatic rings. The van der Waals surface area contributed by atoms with Crippen LogP contribution < -0.4 is 24.3 Å². The quantitative estimate of drug-likeness (QED) is 0.615. The Kier molecular flexibility index (Phi) is 6.23. The summed E-state index contributed by atoms with van der Waals surface area (Å²) in [6, 6.07) is 9.33. The Morgan fingerprint density at radius 1 is 0.897 bits per heavy atom. The van der Waals surface area contributed by atoms with Gasteiger partial charge >= 0.3 is 0 Å². The zero-order valence-corrected chi connectivity index (χ0v) is 17.7. The van der Waals surface area contributed by atoms with E-state index in [0.717, 1.165) is 22.4 Å². The van der Waals surface area contributed by atoms with Gasteiger partial charge in [-0.1, -0.05) is 6.07 Å². The number of nitrogens with one attached hydrogen (secondary N) is 1. The predicted octanol–water partition coefficient (Wildman–Crippen LogP) is 4.47. The molecule has 0 saturated heterocycles. The molecule has 1 heterocycles. The number of benzene rings is 2. The highest BCUT2D eigenvalue weighted by molar-refractivity contribution is 7.04. The maximum Gasteiger partial charge on any atom is 0.221 e. The van der Waals surface area contributed by atoms with Crippen molar-refractivity contribution in [1.29, 1.82) is 0 Å². The van der Waals surface area contributed by atoms with Gasteiger partial charge in [-0.05, 0) is 41.4 Å². The molecule has 0 spiro atoms. The van der Waals surface area contributed by atoms with Crippen LogP contribution >= 0.6 is 11.5 Å². The fraction of sp³-hybridized carbons (Fsp3) is 0.238. The Morgan fingerprint density at radius 2 is 1.55 bits per heavy atom. The van der Waals surface area contributed by atoms with Crippen LogP contribution in [0.5, 0.6) is 23.0 Å². The monoisotopic (exact) mass is 414 g/mol. The van der Waals surface area contributed by atoms with Crippen molar-refractivity contribution in [2.24, 2.45) is 0 Å². The van der Waals surface area contributed by atoms with Crippen LogP contribution in [0, 0.1) is 0 Å². The molecule has 7 nitrogen and oxygen atoms in total. The number of carbonyl (C=O) groups is 1. The summed E-state index contributed by atoms with van der Waals surface area (Å²) in [6.07, 6.45) is 0. The van der Waals surface area contributed by atoms with Gasteiger partial charge in [0.15, 0.2) is 11.5 Å². The second-order valence-corrected chi connectivity index (χ2v) is 6.72. The van der Waals surface area contributed by atoms with Crippen molar-refractivity contribution in [3.05, 3.63) is 35.7 Å². The van der Waals surface area contributed by atoms with Crippen LogP contribution in [0.25, 0.3) is 22.4 Å². The summed E-state index contributed by atoms with van der Waals surface area (Å²) in [4.78, 5) is 11.6. The normalized spacial score (nSPS) is 10.4. The molecule has 2 aromatic carbocycles. The molecule has 0 radical (unpaired) electrons. The molecule has 0 aliphatic carbocycles. The SMILES string of the molecule is COc1ccc(-c2csnc2-c2cc(OC)c(OC)c(OC)c2)cc1NC(C)=O. The van der Waals surface area contributed by atoms with Crippen LogP contribution in [0.2, 0.25) is 0 Å². The Hall–Kier alpha value is -3.26. The van der Waals surface area contributed by atoms with Crippen LogP contribution in [0.1, 0.15) is 6.92 Å². The van der Waals surface area contributed by atoms with Gasteiger partial charge in [0, 0.05) is 23.4 Å². The third kappa shape index (κ3) is 4.12. The number of hydrogen-bond donors (Lipinski definition) is 1. The van der Waals surface area contributed by atoms with E-state index in [9.17, 15) is 4.79 Å². The molecule has 0 atom stereocenters. The molecule has 1 amide bonds. The molecule has 0 unspecified atom stereocenters. The molecule has 0 aliphatic heterocycles. The van der Waals surface area contributed by atoms with E-state index in [1.807, 2.05) is 35.7 Å². The van der Waals surface area contributed by atoms with E-state index in [1.54, 1.807) is 28.4 Å². The Morgan fingerprint density at radius 3 is 2.10 bits per heavy atom. The molecule has 0 fully saturated rings. The van der Waals surface area contributed by atoms with Crippen molar-refractivity contribution in [2.45, 2.75) is 6.92 Å². The van der Waals surface area contributed by atoms with Crippen molar-refractivity contribution in [1.82, 2.24) is 4.37 Å². The highest BCUT2D eigenvalue weighted by Gasteiger charge is 2.19. The maximum atomic E-state index is 11.6. The average Bonchev–Trinajstić information content (AvgIpc) is 3.22. The fourth-order valence-electron chi connectivity index (χ4n) is 3.03. The molecule has 0 saturated carbocycles. The van der Waals surface area contributed by atoms with Crippen molar-refractivity contribution in [3.63, 3.8) is 0 Å². The van der Waals surface area contributed by atoms with Gasteiger partial charge in [-0.3, -0.25) is 4.79 Å². The zero-order chi connectivity index (χ0) is 21.0. The molecule has 0 bridgehead atoms. The highest BCUT2D eigenvalue weighted by Crippen LogP contribution is 2.44. The first-order valence-corrected chi connectivity index (χ1v) is 9.56. The second kappa shape index (κ2) is 8.83. The first-order chi connectivity index (χ1) is 14.0. The molecule has 1 aromatic heterocycles. The first kappa shape index (κ1) is 20.5. The van der Waals surface area contributed by atoms with Crippen LogP contribution in [0.3, 0.4) is 0 Å². The summed E-state index contributed by atoms with van der Waals surface area (Å²) in [5.74, 6) is 2.03. The van der Waals surface area contributed by atoms with Gasteiger partial charge in [0.2, 0.25) is 11.7 Å². The van der Waals surface area contributed by atoms with E-state index in [-0.39, 0.29) is 5.91 Å². The number of rotatable bonds is 7. The van der Waals surface area contributed by atoms with Gasteiger partial charge in [-0.25, -0.2) is 0 Å². The number of carbonyl (C=O) groups excluding carboxylic acids is 1. The molecule has 3 rings (SSSR count). The Bertz CT molecular complexity index is 1010. The number of hydrogen-bond acceptors (Lipinski definition) is 7. The van der Waals surface area contributed by atoms with Crippen LogP contribution in [-0.4, -0.2) is 38.7 Å². The maximum absolute atomic E-state index is 11.6. The molecule has 1 N–H and O–H groups in total. The van der Waals surface area contributed by atoms with Gasteiger partial charge < -0.3 is 24.3 Å². The zero-order valence-electron chi connectivity index (χ0n) is 16.9. The third-order valence-corrected chi connectivity index (χ3v) is 4.96. The van der Waals surface area contributed by atoms with E-state index in [4.69, 9.17) is 18.9 Å². The van der Waals surface area contributed by atoms with Gasteiger partial charge in [0.1, 0.15) is 5.75 Å². The number of amides is 1. The first-order valence-electron chi connectivity index (χ1n) is 8.73. The van der Waals surface area contributed by atoms with Crippen LogP contribution in [-0.2, 0) is 4.79 Å². The molecule has 152 valence electrons. The lowest BCUT2D eigenvalue weighted by Gasteiger charge is -2.14. The minimum absolute atomic E-state index is 0.172. The number of ether oxygens (including phenoxy) is 4. The number of nitrogens with zero attached hydrogens (tertiary/aromatic N) is 1. The molecular formula is C21H22N2O5S. The predicted molar refractivity (Wildman–Crippen MR) is 113 cm³/mol. The Balaban J connectivity index is 2.12. The third-order valence-electron chi connectivity index (χ3n) is 4.33. The number of aromatic nitrogens is 1. The van der Waals surface area contributed by atoms with Crippen LogP contribution in [0.4, 0.5) is 5.69 Å². The molecular weight excluding hydrogens is 392 g/mol. The summed E-state index contributed by atoms with van der Waals surface area (Å²) in [5.41, 5.74) is 4.01. The lowest BCUT2D eigenvalue weighted by molar-refractivity contribution is -0.114. The second-order valence-electron chi connectivity index (χ2n) is 6.09. The van der Waals surface area contributed by atoms with Crippen molar-refractivity contribution >= 4 is 23.1 Å². The summed E-state index contributed by atoms with van der Waals surface area (Å²) >= 11 is 1.34. The molecule has 29 heavy (non-hydrogen) atoms. The van der Waals surface area contributed by atoms with Crippen molar-refractivity contribution in [2.75, 3.05) is 33.8 Å². The van der Waals surface area contributed by atoms with E-state index in [2.05, 4.69) is 9.69 Å². The van der Waals surface area contributed by atoms with Gasteiger partial charge in [0.25, 0.3) is 0 Å². The minimum atomic E-state index is -0.172. The topological polar surface area (TPSA) is 78.9 Å². The fourth-order valence-corrected chi connectivity index (χ4v) is 3.75. The van der Waals surface area contributed by atoms with Crippen molar-refractivity contribution < 1.29 is 23.7 Å². The smallest absolute Gasteiger partial charge is 0.221 e. The highest BCUT2D eigenvalue weighted by atomic mass is 32.1. The van der Waals surface area contributed by atoms with E-state index in [0.29, 0.717) is 28.7 Å². The van der Waals surface area contributed by atoms with E-state index in [1.165, 1.54) is 18.5 Å². The standard InChI is InChI=1S/C21H22N2O5S/c1-12(24)22-16-8-13(6-7-17(16)25-2)15-11-29-23-20(15)14-9-18(26-3)21(28-5)19(10-14)27-4/h6-11H,1-5H3,(H,22,24). The lowest BCUT2D eigenvalue weighted by atomic mass is 10.0. The summed E-state index contributed by atoms with van der Waals surface area (Å²) < 4.78 is 26.2. The van der Waals surface area contributed by atoms with Gasteiger partial charge in [0.05, 0.1) is 39.8 Å². The molecule has 0 aliphatic rings. The van der Waals surface area contributed by atoms with Crippen LogP contribution in [0.15, 0.2) is 35.7 Å². The molecule has 8 heteroatoms.